The van der Waals surface area contributed by atoms with Crippen LogP contribution in [-0.4, -0.2) is 70.6 Å². The van der Waals surface area contributed by atoms with Crippen LogP contribution in [0.3, 0.4) is 0 Å². The van der Waals surface area contributed by atoms with Crippen molar-refractivity contribution in [2.24, 2.45) is 0 Å². The van der Waals surface area contributed by atoms with E-state index in [-0.39, 0.29) is 24.4 Å². The smallest absolute Gasteiger partial charge is 0.264 e. The molecule has 1 aliphatic heterocycles. The van der Waals surface area contributed by atoms with Gasteiger partial charge in [-0.05, 0) is 50.3 Å². The largest absolute Gasteiger partial charge is 0.353 e. The minimum atomic E-state index is -0.0666. The molecule has 7 nitrogen and oxygen atoms in total. The van der Waals surface area contributed by atoms with Crippen molar-refractivity contribution < 1.29 is 9.59 Å². The van der Waals surface area contributed by atoms with E-state index in [1.807, 2.05) is 48.4 Å². The molecule has 3 heterocycles. The van der Waals surface area contributed by atoms with Crippen LogP contribution in [0.5, 0.6) is 0 Å². The molecule has 0 radical (unpaired) electrons. The van der Waals surface area contributed by atoms with E-state index in [0.717, 1.165) is 36.5 Å². The third-order valence-electron chi connectivity index (χ3n) is 6.59. The van der Waals surface area contributed by atoms with E-state index in [4.69, 9.17) is 0 Å². The number of aryl methyl sites for hydroxylation is 1. The molecular weight excluding hydrogens is 458 g/mol. The van der Waals surface area contributed by atoms with Crippen molar-refractivity contribution in [1.29, 1.82) is 0 Å². The summed E-state index contributed by atoms with van der Waals surface area (Å²) in [6.07, 6.45) is 1.64. The van der Waals surface area contributed by atoms with Crippen molar-refractivity contribution >= 4 is 29.0 Å². The Morgan fingerprint density at radius 1 is 1.03 bits per heavy atom. The van der Waals surface area contributed by atoms with Crippen LogP contribution in [0.4, 0.5) is 5.82 Å². The lowest BCUT2D eigenvalue weighted by Crippen LogP contribution is -2.47. The number of rotatable bonds is 7. The summed E-state index contributed by atoms with van der Waals surface area (Å²) in [5, 5.41) is 10.8. The standard InChI is InChI=1S/C27H33N5O2S/c1-4-21(3)32(27(34)24-7-5-18-35-24)19-26(33)31-15-6-14-30(16-17-31)25-13-12-23(28-29-25)22-10-8-20(2)9-11-22/h5,7-13,18,21H,4,6,14-17,19H2,1-3H3. The van der Waals surface area contributed by atoms with Crippen LogP contribution in [0.2, 0.25) is 0 Å². The van der Waals surface area contributed by atoms with E-state index in [9.17, 15) is 9.59 Å². The summed E-state index contributed by atoms with van der Waals surface area (Å²) < 4.78 is 0. The Kier molecular flexibility index (Phi) is 8.13. The molecule has 184 valence electrons. The molecule has 35 heavy (non-hydrogen) atoms. The first kappa shape index (κ1) is 24.9. The molecule has 0 saturated carbocycles. The lowest BCUT2D eigenvalue weighted by Gasteiger charge is -2.30. The number of thiophene rings is 1. The van der Waals surface area contributed by atoms with Gasteiger partial charge in [-0.2, -0.15) is 0 Å². The molecule has 1 saturated heterocycles. The molecule has 0 N–H and O–H groups in total. The van der Waals surface area contributed by atoms with Gasteiger partial charge in [0, 0.05) is 37.8 Å². The quantitative estimate of drug-likeness (QED) is 0.487. The van der Waals surface area contributed by atoms with Gasteiger partial charge in [0.15, 0.2) is 5.82 Å². The summed E-state index contributed by atoms with van der Waals surface area (Å²) >= 11 is 1.42. The summed E-state index contributed by atoms with van der Waals surface area (Å²) in [6.45, 7) is 8.98. The normalized spacial score (nSPS) is 14.9. The Balaban J connectivity index is 1.38. The Morgan fingerprint density at radius 3 is 2.49 bits per heavy atom. The fourth-order valence-electron chi connectivity index (χ4n) is 4.20. The monoisotopic (exact) mass is 491 g/mol. The molecule has 2 amide bonds. The molecule has 1 atom stereocenters. The number of nitrogens with zero attached hydrogens (tertiary/aromatic N) is 5. The lowest BCUT2D eigenvalue weighted by molar-refractivity contribution is -0.132. The minimum Gasteiger partial charge on any atom is -0.353 e. The average molecular weight is 492 g/mol. The zero-order valence-electron chi connectivity index (χ0n) is 20.7. The maximum atomic E-state index is 13.2. The fourth-order valence-corrected chi connectivity index (χ4v) is 4.88. The highest BCUT2D eigenvalue weighted by molar-refractivity contribution is 7.12. The maximum absolute atomic E-state index is 13.2. The molecule has 1 fully saturated rings. The van der Waals surface area contributed by atoms with Gasteiger partial charge >= 0.3 is 0 Å². The van der Waals surface area contributed by atoms with E-state index in [2.05, 4.69) is 46.3 Å². The Labute approximate surface area is 211 Å². The summed E-state index contributed by atoms with van der Waals surface area (Å²) in [5.41, 5.74) is 3.11. The predicted molar refractivity (Wildman–Crippen MR) is 141 cm³/mol. The van der Waals surface area contributed by atoms with Crippen LogP contribution >= 0.6 is 11.3 Å². The number of hydrogen-bond donors (Lipinski definition) is 0. The van der Waals surface area contributed by atoms with Gasteiger partial charge in [0.05, 0.1) is 10.6 Å². The van der Waals surface area contributed by atoms with Crippen molar-refractivity contribution in [2.45, 2.75) is 39.7 Å². The van der Waals surface area contributed by atoms with Crippen LogP contribution in [0.15, 0.2) is 53.9 Å². The summed E-state index contributed by atoms with van der Waals surface area (Å²) in [6, 6.07) is 15.9. The number of carbonyl (C=O) groups excluding carboxylic acids is 2. The van der Waals surface area contributed by atoms with Crippen molar-refractivity contribution in [3.63, 3.8) is 0 Å². The third-order valence-corrected chi connectivity index (χ3v) is 7.45. The fraction of sp³-hybridized carbons (Fsp3) is 0.407. The molecule has 0 aliphatic carbocycles. The molecule has 8 heteroatoms. The summed E-state index contributed by atoms with van der Waals surface area (Å²) in [5.74, 6) is 0.755. The Bertz CT molecular complexity index is 1120. The third kappa shape index (κ3) is 6.06. The number of benzene rings is 1. The van der Waals surface area contributed by atoms with Gasteiger partial charge in [0.2, 0.25) is 5.91 Å². The van der Waals surface area contributed by atoms with Crippen molar-refractivity contribution in [1.82, 2.24) is 20.0 Å². The van der Waals surface area contributed by atoms with Crippen molar-refractivity contribution in [3.8, 4) is 11.3 Å². The molecular formula is C27H33N5O2S. The van der Waals surface area contributed by atoms with Crippen LogP contribution in [0.1, 0.15) is 41.9 Å². The molecule has 1 unspecified atom stereocenters. The number of hydrogen-bond acceptors (Lipinski definition) is 6. The van der Waals surface area contributed by atoms with Gasteiger partial charge in [-0.3, -0.25) is 9.59 Å². The molecule has 0 bridgehead atoms. The second-order valence-corrected chi connectivity index (χ2v) is 9.98. The first-order valence-electron chi connectivity index (χ1n) is 12.2. The van der Waals surface area contributed by atoms with Gasteiger partial charge in [-0.1, -0.05) is 42.8 Å². The first-order valence-corrected chi connectivity index (χ1v) is 13.1. The number of anilines is 1. The number of amides is 2. The zero-order chi connectivity index (χ0) is 24.8. The van der Waals surface area contributed by atoms with Gasteiger partial charge in [0.25, 0.3) is 5.91 Å². The van der Waals surface area contributed by atoms with E-state index >= 15 is 0 Å². The first-order chi connectivity index (χ1) is 17.0. The summed E-state index contributed by atoms with van der Waals surface area (Å²) in [7, 11) is 0. The van der Waals surface area contributed by atoms with Crippen molar-refractivity contribution in [2.75, 3.05) is 37.6 Å². The van der Waals surface area contributed by atoms with Gasteiger partial charge in [0.1, 0.15) is 6.54 Å². The minimum absolute atomic E-state index is 0.000607. The zero-order valence-corrected chi connectivity index (χ0v) is 21.5. The van der Waals surface area contributed by atoms with Gasteiger partial charge in [-0.25, -0.2) is 0 Å². The number of carbonyl (C=O) groups is 2. The SMILES string of the molecule is CCC(C)N(CC(=O)N1CCCN(c2ccc(-c3ccc(C)cc3)nn2)CC1)C(=O)c1cccs1. The Hall–Kier alpha value is -3.26. The lowest BCUT2D eigenvalue weighted by atomic mass is 10.1. The molecule has 0 spiro atoms. The molecule has 2 aromatic heterocycles. The average Bonchev–Trinajstić information content (AvgIpc) is 3.31. The van der Waals surface area contributed by atoms with E-state index in [1.54, 1.807) is 4.90 Å². The van der Waals surface area contributed by atoms with Crippen LogP contribution in [0, 0.1) is 6.92 Å². The summed E-state index contributed by atoms with van der Waals surface area (Å²) in [4.78, 5) is 32.7. The van der Waals surface area contributed by atoms with Gasteiger partial charge in [-0.15, -0.1) is 21.5 Å². The Morgan fingerprint density at radius 2 is 1.83 bits per heavy atom. The second kappa shape index (κ2) is 11.4. The van der Waals surface area contributed by atoms with E-state index in [0.29, 0.717) is 24.5 Å². The highest BCUT2D eigenvalue weighted by atomic mass is 32.1. The maximum Gasteiger partial charge on any atom is 0.264 e. The highest BCUT2D eigenvalue weighted by Gasteiger charge is 2.27. The van der Waals surface area contributed by atoms with Crippen LogP contribution < -0.4 is 4.90 Å². The molecule has 4 rings (SSSR count). The van der Waals surface area contributed by atoms with Crippen LogP contribution in [0.25, 0.3) is 11.3 Å². The van der Waals surface area contributed by atoms with Crippen LogP contribution in [-0.2, 0) is 4.79 Å². The molecule has 1 aliphatic rings. The molecule has 3 aromatic rings. The van der Waals surface area contributed by atoms with E-state index in [1.165, 1.54) is 16.9 Å². The predicted octanol–water partition coefficient (Wildman–Crippen LogP) is 4.49. The molecule has 1 aromatic carbocycles. The highest BCUT2D eigenvalue weighted by Crippen LogP contribution is 2.21. The topological polar surface area (TPSA) is 69.6 Å². The van der Waals surface area contributed by atoms with Gasteiger partial charge < -0.3 is 14.7 Å². The number of aromatic nitrogens is 2. The van der Waals surface area contributed by atoms with Crippen molar-refractivity contribution in [3.05, 3.63) is 64.4 Å². The second-order valence-electron chi connectivity index (χ2n) is 9.03. The van der Waals surface area contributed by atoms with E-state index < -0.39 is 0 Å².